The zero-order chi connectivity index (χ0) is 15.5. The van der Waals surface area contributed by atoms with Crippen molar-refractivity contribution in [3.63, 3.8) is 0 Å². The maximum absolute atomic E-state index is 12.8. The van der Waals surface area contributed by atoms with E-state index in [4.69, 9.17) is 5.11 Å². The van der Waals surface area contributed by atoms with Crippen LogP contribution in [-0.2, 0) is 6.18 Å². The van der Waals surface area contributed by atoms with Gasteiger partial charge < -0.3 is 15.7 Å². The normalized spacial score (nSPS) is 16.6. The topological polar surface area (TPSA) is 70.1 Å². The molecule has 0 aromatic carbocycles. The summed E-state index contributed by atoms with van der Waals surface area (Å²) in [5, 5.41) is 14.6. The number of aromatic nitrogens is 2. The molecule has 1 fully saturated rings. The second-order valence-electron chi connectivity index (χ2n) is 5.32. The second-order valence-corrected chi connectivity index (χ2v) is 5.32. The molecular formula is C13H19F3N4O. The van der Waals surface area contributed by atoms with Crippen LogP contribution in [0.4, 0.5) is 24.9 Å². The molecule has 0 atom stereocenters. The summed E-state index contributed by atoms with van der Waals surface area (Å²) in [6, 6.07) is 0.913. The number of hydrogen-bond donors (Lipinski definition) is 3. The van der Waals surface area contributed by atoms with Gasteiger partial charge in [-0.1, -0.05) is 0 Å². The molecule has 1 aliphatic carbocycles. The van der Waals surface area contributed by atoms with Crippen LogP contribution < -0.4 is 10.6 Å². The van der Waals surface area contributed by atoms with Crippen LogP contribution in [0.1, 0.15) is 31.9 Å². The van der Waals surface area contributed by atoms with E-state index in [9.17, 15) is 13.2 Å². The van der Waals surface area contributed by atoms with Crippen molar-refractivity contribution in [2.75, 3.05) is 30.3 Å². The van der Waals surface area contributed by atoms with Gasteiger partial charge in [0.05, 0.1) is 0 Å². The summed E-state index contributed by atoms with van der Waals surface area (Å²) in [5.74, 6) is 0.110. The van der Waals surface area contributed by atoms with E-state index < -0.39 is 11.9 Å². The molecule has 3 N–H and O–H groups in total. The van der Waals surface area contributed by atoms with Crippen LogP contribution in [0.3, 0.4) is 0 Å². The summed E-state index contributed by atoms with van der Waals surface area (Å²) >= 11 is 0. The zero-order valence-electron chi connectivity index (χ0n) is 11.8. The minimum Gasteiger partial charge on any atom is -0.396 e. The van der Waals surface area contributed by atoms with Gasteiger partial charge >= 0.3 is 6.18 Å². The van der Waals surface area contributed by atoms with Crippen molar-refractivity contribution in [2.24, 2.45) is 5.41 Å². The summed E-state index contributed by atoms with van der Waals surface area (Å²) in [6.45, 7) is 2.79. The number of alkyl halides is 3. The van der Waals surface area contributed by atoms with E-state index in [0.29, 0.717) is 19.5 Å². The Bertz CT molecular complexity index is 489. The molecule has 2 rings (SSSR count). The van der Waals surface area contributed by atoms with E-state index in [2.05, 4.69) is 20.6 Å². The van der Waals surface area contributed by atoms with E-state index in [-0.39, 0.29) is 23.8 Å². The molecule has 118 valence electrons. The molecule has 0 radical (unpaired) electrons. The highest BCUT2D eigenvalue weighted by atomic mass is 19.4. The van der Waals surface area contributed by atoms with Crippen molar-refractivity contribution in [1.82, 2.24) is 9.97 Å². The number of rotatable bonds is 7. The molecule has 0 saturated heterocycles. The SMILES string of the molecule is CCNc1nc(NCC2(CCO)CC2)cc(C(F)(F)F)n1. The summed E-state index contributed by atoms with van der Waals surface area (Å²) in [6.07, 6.45) is -1.92. The zero-order valence-corrected chi connectivity index (χ0v) is 11.8. The Kier molecular flexibility index (Phi) is 4.55. The van der Waals surface area contributed by atoms with Crippen LogP contribution in [0.5, 0.6) is 0 Å². The molecule has 21 heavy (non-hydrogen) atoms. The second kappa shape index (κ2) is 6.05. The van der Waals surface area contributed by atoms with Gasteiger partial charge in [-0.25, -0.2) is 4.98 Å². The monoisotopic (exact) mass is 304 g/mol. The van der Waals surface area contributed by atoms with Crippen LogP contribution in [-0.4, -0.2) is 34.8 Å². The van der Waals surface area contributed by atoms with Gasteiger partial charge in [-0.15, -0.1) is 0 Å². The average molecular weight is 304 g/mol. The highest BCUT2D eigenvalue weighted by Crippen LogP contribution is 2.48. The molecule has 1 aliphatic rings. The number of halogens is 3. The smallest absolute Gasteiger partial charge is 0.396 e. The highest BCUT2D eigenvalue weighted by molar-refractivity contribution is 5.43. The van der Waals surface area contributed by atoms with Crippen molar-refractivity contribution in [2.45, 2.75) is 32.4 Å². The van der Waals surface area contributed by atoms with Gasteiger partial charge in [0.15, 0.2) is 5.69 Å². The summed E-state index contributed by atoms with van der Waals surface area (Å²) in [5.41, 5.74) is -0.973. The quantitative estimate of drug-likeness (QED) is 0.722. The van der Waals surface area contributed by atoms with Gasteiger partial charge in [-0.2, -0.15) is 18.2 Å². The number of anilines is 2. The van der Waals surface area contributed by atoms with Crippen LogP contribution in [0.25, 0.3) is 0 Å². The first-order valence-corrected chi connectivity index (χ1v) is 6.93. The first-order valence-electron chi connectivity index (χ1n) is 6.93. The lowest BCUT2D eigenvalue weighted by Gasteiger charge is -2.16. The predicted octanol–water partition coefficient (Wildman–Crippen LogP) is 2.50. The Morgan fingerprint density at radius 2 is 2.00 bits per heavy atom. The van der Waals surface area contributed by atoms with Crippen LogP contribution in [0.2, 0.25) is 0 Å². The molecule has 5 nitrogen and oxygen atoms in total. The largest absolute Gasteiger partial charge is 0.433 e. The Balaban J connectivity index is 2.12. The Morgan fingerprint density at radius 1 is 1.29 bits per heavy atom. The number of nitrogens with zero attached hydrogens (tertiary/aromatic N) is 2. The number of nitrogens with one attached hydrogen (secondary N) is 2. The van der Waals surface area contributed by atoms with Gasteiger partial charge in [-0.3, -0.25) is 0 Å². The molecular weight excluding hydrogens is 285 g/mol. The van der Waals surface area contributed by atoms with Gasteiger partial charge in [0.25, 0.3) is 0 Å². The van der Waals surface area contributed by atoms with Gasteiger partial charge in [0.1, 0.15) is 5.82 Å². The number of aliphatic hydroxyl groups excluding tert-OH is 1. The van der Waals surface area contributed by atoms with E-state index in [1.54, 1.807) is 6.92 Å². The molecule has 0 aliphatic heterocycles. The van der Waals surface area contributed by atoms with Crippen molar-refractivity contribution in [3.05, 3.63) is 11.8 Å². The Labute approximate surface area is 121 Å². The number of hydrogen-bond acceptors (Lipinski definition) is 5. The minimum atomic E-state index is -4.51. The maximum Gasteiger partial charge on any atom is 0.433 e. The van der Waals surface area contributed by atoms with E-state index in [0.717, 1.165) is 18.9 Å². The fraction of sp³-hybridized carbons (Fsp3) is 0.692. The van der Waals surface area contributed by atoms with Crippen molar-refractivity contribution >= 4 is 11.8 Å². The predicted molar refractivity (Wildman–Crippen MR) is 73.1 cm³/mol. The Morgan fingerprint density at radius 3 is 2.52 bits per heavy atom. The van der Waals surface area contributed by atoms with Crippen LogP contribution >= 0.6 is 0 Å². The summed E-state index contributed by atoms with van der Waals surface area (Å²) in [4.78, 5) is 7.50. The van der Waals surface area contributed by atoms with Crippen molar-refractivity contribution in [1.29, 1.82) is 0 Å². The van der Waals surface area contributed by atoms with E-state index in [1.807, 2.05) is 0 Å². The molecule has 1 heterocycles. The standard InChI is InChI=1S/C13H19F3N4O/c1-2-17-11-19-9(13(14,15)16)7-10(20-11)18-8-12(3-4-12)5-6-21/h7,21H,2-6,8H2,1H3,(H2,17,18,19,20). The lowest BCUT2D eigenvalue weighted by molar-refractivity contribution is -0.141. The highest BCUT2D eigenvalue weighted by Gasteiger charge is 2.41. The van der Waals surface area contributed by atoms with E-state index in [1.165, 1.54) is 0 Å². The minimum absolute atomic E-state index is 0.00353. The molecule has 0 bridgehead atoms. The fourth-order valence-electron chi connectivity index (χ4n) is 2.13. The molecule has 0 unspecified atom stereocenters. The Hall–Kier alpha value is -1.57. The third-order valence-electron chi connectivity index (χ3n) is 3.60. The van der Waals surface area contributed by atoms with Gasteiger partial charge in [0.2, 0.25) is 5.95 Å². The average Bonchev–Trinajstić information content (AvgIpc) is 3.16. The first kappa shape index (κ1) is 15.8. The summed E-state index contributed by atoms with van der Waals surface area (Å²) < 4.78 is 38.4. The van der Waals surface area contributed by atoms with E-state index >= 15 is 0 Å². The molecule has 0 spiro atoms. The van der Waals surface area contributed by atoms with Crippen LogP contribution in [0.15, 0.2) is 6.07 Å². The van der Waals surface area contributed by atoms with Crippen molar-refractivity contribution in [3.8, 4) is 0 Å². The number of aliphatic hydroxyl groups is 1. The van der Waals surface area contributed by atoms with Crippen LogP contribution in [0, 0.1) is 5.41 Å². The lowest BCUT2D eigenvalue weighted by atomic mass is 10.0. The van der Waals surface area contributed by atoms with Crippen molar-refractivity contribution < 1.29 is 18.3 Å². The summed E-state index contributed by atoms with van der Waals surface area (Å²) in [7, 11) is 0. The van der Waals surface area contributed by atoms with Gasteiger partial charge in [0, 0.05) is 25.8 Å². The maximum atomic E-state index is 12.8. The molecule has 1 aromatic rings. The van der Waals surface area contributed by atoms with Gasteiger partial charge in [-0.05, 0) is 31.6 Å². The molecule has 1 saturated carbocycles. The molecule has 1 aromatic heterocycles. The third-order valence-corrected chi connectivity index (χ3v) is 3.60. The molecule has 0 amide bonds. The fourth-order valence-corrected chi connectivity index (χ4v) is 2.13. The molecule has 8 heteroatoms. The first-order chi connectivity index (χ1) is 9.88. The third kappa shape index (κ3) is 4.20. The lowest BCUT2D eigenvalue weighted by Crippen LogP contribution is -2.19.